The number of hydrogen-bond acceptors (Lipinski definition) is 5. The second kappa shape index (κ2) is 6.18. The molecule has 0 bridgehead atoms. The molecule has 0 amide bonds. The van der Waals surface area contributed by atoms with Crippen LogP contribution >= 0.6 is 0 Å². The van der Waals surface area contributed by atoms with Gasteiger partial charge in [0.25, 0.3) is 0 Å². The zero-order valence-electron chi connectivity index (χ0n) is 12.5. The predicted molar refractivity (Wildman–Crippen MR) is 78.2 cm³/mol. The standard InChI is InChI=1S/C15H25N3O2/c1-11(16)14(12-5-4-6-17-7-12)18-8-13(9-19)20-15(2,3)10-18/h4-7,11,13-14,19H,8-10,16H2,1-3H3. The lowest BCUT2D eigenvalue weighted by molar-refractivity contribution is -0.158. The first-order valence-electron chi connectivity index (χ1n) is 7.11. The summed E-state index contributed by atoms with van der Waals surface area (Å²) in [6.07, 6.45) is 3.46. The molecule has 1 aromatic heterocycles. The van der Waals surface area contributed by atoms with Crippen molar-refractivity contribution in [3.8, 4) is 0 Å². The molecule has 3 unspecified atom stereocenters. The van der Waals surface area contributed by atoms with Gasteiger partial charge in [-0.3, -0.25) is 9.88 Å². The maximum absolute atomic E-state index is 9.44. The Hall–Kier alpha value is -1.01. The first-order chi connectivity index (χ1) is 9.43. The molecule has 5 heteroatoms. The molecule has 3 N–H and O–H groups in total. The fraction of sp³-hybridized carbons (Fsp3) is 0.667. The number of aliphatic hydroxyl groups is 1. The molecule has 1 saturated heterocycles. The molecule has 1 aliphatic rings. The normalized spacial score (nSPS) is 26.1. The molecule has 2 rings (SSSR count). The third-order valence-electron chi connectivity index (χ3n) is 3.63. The lowest BCUT2D eigenvalue weighted by Gasteiger charge is -2.46. The van der Waals surface area contributed by atoms with E-state index in [1.54, 1.807) is 6.20 Å². The highest BCUT2D eigenvalue weighted by molar-refractivity contribution is 5.16. The zero-order chi connectivity index (χ0) is 14.8. The van der Waals surface area contributed by atoms with Crippen molar-refractivity contribution < 1.29 is 9.84 Å². The minimum absolute atomic E-state index is 0.0209. The highest BCUT2D eigenvalue weighted by atomic mass is 16.5. The van der Waals surface area contributed by atoms with Crippen LogP contribution in [-0.2, 0) is 4.74 Å². The lowest BCUT2D eigenvalue weighted by atomic mass is 9.96. The molecule has 1 aliphatic heterocycles. The molecule has 112 valence electrons. The van der Waals surface area contributed by atoms with Crippen LogP contribution in [0.1, 0.15) is 32.4 Å². The van der Waals surface area contributed by atoms with Gasteiger partial charge in [-0.2, -0.15) is 0 Å². The molecule has 0 radical (unpaired) electrons. The number of ether oxygens (including phenoxy) is 1. The van der Waals surface area contributed by atoms with Crippen LogP contribution in [0.2, 0.25) is 0 Å². The van der Waals surface area contributed by atoms with Crippen molar-refractivity contribution in [2.45, 2.75) is 44.6 Å². The van der Waals surface area contributed by atoms with Gasteiger partial charge in [-0.1, -0.05) is 6.07 Å². The highest BCUT2D eigenvalue weighted by Crippen LogP contribution is 2.30. The Bertz CT molecular complexity index is 422. The third kappa shape index (κ3) is 3.55. The average Bonchev–Trinajstić information content (AvgIpc) is 2.38. The largest absolute Gasteiger partial charge is 0.394 e. The lowest BCUT2D eigenvalue weighted by Crippen LogP contribution is -2.56. The van der Waals surface area contributed by atoms with Crippen molar-refractivity contribution in [1.29, 1.82) is 0 Å². The van der Waals surface area contributed by atoms with Crippen LogP contribution < -0.4 is 5.73 Å². The molecule has 0 spiro atoms. The number of nitrogens with zero attached hydrogens (tertiary/aromatic N) is 2. The number of rotatable bonds is 4. The fourth-order valence-corrected chi connectivity index (χ4v) is 3.05. The van der Waals surface area contributed by atoms with Gasteiger partial charge in [0.2, 0.25) is 0 Å². The van der Waals surface area contributed by atoms with E-state index in [9.17, 15) is 5.11 Å². The van der Waals surface area contributed by atoms with E-state index in [0.29, 0.717) is 6.54 Å². The second-order valence-corrected chi connectivity index (χ2v) is 6.20. The van der Waals surface area contributed by atoms with Crippen molar-refractivity contribution >= 4 is 0 Å². The van der Waals surface area contributed by atoms with E-state index >= 15 is 0 Å². The van der Waals surface area contributed by atoms with Gasteiger partial charge in [-0.15, -0.1) is 0 Å². The molecular weight excluding hydrogens is 254 g/mol. The summed E-state index contributed by atoms with van der Waals surface area (Å²) in [6, 6.07) is 4.05. The van der Waals surface area contributed by atoms with Gasteiger partial charge < -0.3 is 15.6 Å². The minimum Gasteiger partial charge on any atom is -0.394 e. The van der Waals surface area contributed by atoms with E-state index in [1.807, 2.05) is 33.0 Å². The van der Waals surface area contributed by atoms with Crippen molar-refractivity contribution in [3.63, 3.8) is 0 Å². The maximum atomic E-state index is 9.44. The van der Waals surface area contributed by atoms with Crippen LogP contribution in [-0.4, -0.2) is 52.4 Å². The van der Waals surface area contributed by atoms with Crippen molar-refractivity contribution in [1.82, 2.24) is 9.88 Å². The van der Waals surface area contributed by atoms with Crippen molar-refractivity contribution in [2.24, 2.45) is 5.73 Å². The van der Waals surface area contributed by atoms with Gasteiger partial charge in [0.15, 0.2) is 0 Å². The van der Waals surface area contributed by atoms with E-state index in [-0.39, 0.29) is 30.4 Å². The van der Waals surface area contributed by atoms with Crippen molar-refractivity contribution in [3.05, 3.63) is 30.1 Å². The molecule has 2 heterocycles. The minimum atomic E-state index is -0.291. The summed E-state index contributed by atoms with van der Waals surface area (Å²) in [4.78, 5) is 6.49. The quantitative estimate of drug-likeness (QED) is 0.858. The molecule has 5 nitrogen and oxygen atoms in total. The molecule has 1 fully saturated rings. The predicted octanol–water partition coefficient (Wildman–Crippen LogP) is 0.942. The van der Waals surface area contributed by atoms with Crippen molar-refractivity contribution in [2.75, 3.05) is 19.7 Å². The van der Waals surface area contributed by atoms with Crippen LogP contribution in [0.3, 0.4) is 0 Å². The Morgan fingerprint density at radius 1 is 1.60 bits per heavy atom. The van der Waals surface area contributed by atoms with Gasteiger partial charge in [-0.05, 0) is 32.4 Å². The Morgan fingerprint density at radius 2 is 2.35 bits per heavy atom. The fourth-order valence-electron chi connectivity index (χ4n) is 3.05. The van der Waals surface area contributed by atoms with Crippen LogP contribution in [0, 0.1) is 0 Å². The number of aliphatic hydroxyl groups excluding tert-OH is 1. The van der Waals surface area contributed by atoms with Gasteiger partial charge in [0, 0.05) is 31.5 Å². The summed E-state index contributed by atoms with van der Waals surface area (Å²) < 4.78 is 5.87. The number of pyridine rings is 1. The van der Waals surface area contributed by atoms with Gasteiger partial charge >= 0.3 is 0 Å². The number of aromatic nitrogens is 1. The number of morpholine rings is 1. The smallest absolute Gasteiger partial charge is 0.0940 e. The van der Waals surface area contributed by atoms with Crippen LogP contribution in [0.25, 0.3) is 0 Å². The highest BCUT2D eigenvalue weighted by Gasteiger charge is 2.37. The third-order valence-corrected chi connectivity index (χ3v) is 3.63. The average molecular weight is 279 g/mol. The first kappa shape index (κ1) is 15.4. The van der Waals surface area contributed by atoms with Crippen LogP contribution in [0.4, 0.5) is 0 Å². The van der Waals surface area contributed by atoms with Gasteiger partial charge in [0.1, 0.15) is 0 Å². The van der Waals surface area contributed by atoms with E-state index in [1.165, 1.54) is 0 Å². The Labute approximate surface area is 120 Å². The Morgan fingerprint density at radius 3 is 2.90 bits per heavy atom. The Kier molecular flexibility index (Phi) is 4.75. The molecule has 0 aromatic carbocycles. The van der Waals surface area contributed by atoms with E-state index in [4.69, 9.17) is 10.5 Å². The van der Waals surface area contributed by atoms with E-state index < -0.39 is 0 Å². The summed E-state index contributed by atoms with van der Waals surface area (Å²) in [5.74, 6) is 0. The first-order valence-corrected chi connectivity index (χ1v) is 7.11. The van der Waals surface area contributed by atoms with Gasteiger partial charge in [0.05, 0.1) is 24.4 Å². The maximum Gasteiger partial charge on any atom is 0.0940 e. The van der Waals surface area contributed by atoms with E-state index in [0.717, 1.165) is 12.1 Å². The Balaban J connectivity index is 2.25. The number of nitrogens with two attached hydrogens (primary N) is 1. The summed E-state index contributed by atoms with van der Waals surface area (Å²) in [6.45, 7) is 7.59. The topological polar surface area (TPSA) is 71.6 Å². The summed E-state index contributed by atoms with van der Waals surface area (Å²) in [5.41, 5.74) is 7.02. The van der Waals surface area contributed by atoms with Crippen LogP contribution in [0.5, 0.6) is 0 Å². The molecule has 20 heavy (non-hydrogen) atoms. The summed E-state index contributed by atoms with van der Waals surface area (Å²) in [5, 5.41) is 9.44. The summed E-state index contributed by atoms with van der Waals surface area (Å²) >= 11 is 0. The molecule has 0 aliphatic carbocycles. The zero-order valence-corrected chi connectivity index (χ0v) is 12.5. The van der Waals surface area contributed by atoms with E-state index in [2.05, 4.69) is 16.0 Å². The second-order valence-electron chi connectivity index (χ2n) is 6.20. The SMILES string of the molecule is CC(N)C(c1cccnc1)N1CC(CO)OC(C)(C)C1. The monoisotopic (exact) mass is 279 g/mol. The van der Waals surface area contributed by atoms with Crippen LogP contribution in [0.15, 0.2) is 24.5 Å². The number of hydrogen-bond donors (Lipinski definition) is 2. The molecular formula is C15H25N3O2. The summed E-state index contributed by atoms with van der Waals surface area (Å²) in [7, 11) is 0. The molecule has 1 aromatic rings. The molecule has 0 saturated carbocycles. The molecule has 3 atom stereocenters. The van der Waals surface area contributed by atoms with Gasteiger partial charge in [-0.25, -0.2) is 0 Å².